The molecule has 3 aromatic rings. The summed E-state index contributed by atoms with van der Waals surface area (Å²) in [6, 6.07) is 2.02. The van der Waals surface area contributed by atoms with Crippen molar-refractivity contribution in [2.24, 2.45) is 0 Å². The van der Waals surface area contributed by atoms with Gasteiger partial charge in [-0.25, -0.2) is 19.3 Å². The van der Waals surface area contributed by atoms with Crippen molar-refractivity contribution >= 4 is 38.8 Å². The highest BCUT2D eigenvalue weighted by atomic mass is 35.5. The number of imidazole rings is 1. The molecule has 0 saturated carbocycles. The highest BCUT2D eigenvalue weighted by Gasteiger charge is 2.43. The molecule has 0 spiro atoms. The third-order valence-corrected chi connectivity index (χ3v) is 10.3. The first-order valence-electron chi connectivity index (χ1n) is 14.5. The maximum Gasteiger partial charge on any atom is 0.282 e. The third kappa shape index (κ3) is 6.23. The molecule has 43 heavy (non-hydrogen) atoms. The molecule has 2 saturated heterocycles. The number of piperidine rings is 1. The van der Waals surface area contributed by atoms with E-state index in [1.54, 1.807) is 24.5 Å². The van der Waals surface area contributed by atoms with Crippen LogP contribution in [0.4, 0.5) is 10.3 Å². The summed E-state index contributed by atoms with van der Waals surface area (Å²) in [6.45, 7) is 10.1. The quantitative estimate of drug-likeness (QED) is 0.338. The van der Waals surface area contributed by atoms with Crippen LogP contribution < -0.4 is 5.32 Å². The number of nitrogens with zero attached hydrogens (tertiary/aromatic N) is 6. The van der Waals surface area contributed by atoms with Gasteiger partial charge in [0.2, 0.25) is 5.95 Å². The van der Waals surface area contributed by atoms with Gasteiger partial charge in [0.05, 0.1) is 47.8 Å². The van der Waals surface area contributed by atoms with Crippen molar-refractivity contribution < 1.29 is 27.8 Å². The van der Waals surface area contributed by atoms with Crippen molar-refractivity contribution in [1.29, 1.82) is 0 Å². The van der Waals surface area contributed by atoms with Gasteiger partial charge >= 0.3 is 0 Å². The first-order valence-corrected chi connectivity index (χ1v) is 16.3. The Bertz CT molecular complexity index is 1590. The topological polar surface area (TPSA) is 146 Å². The largest absolute Gasteiger partial charge is 0.390 e. The maximum absolute atomic E-state index is 15.4. The number of β-amino-alcohol motifs (C(OH)–C–C–N with tert-alkyl or cyclic N) is 1. The number of aliphatic hydroxyl groups excluding tert-OH is 1. The molecule has 0 radical (unpaired) electrons. The Labute approximate surface area is 256 Å². The van der Waals surface area contributed by atoms with Crippen LogP contribution in [0.2, 0.25) is 5.02 Å². The molecule has 3 N–H and O–H groups in total. The Morgan fingerprint density at radius 2 is 1.93 bits per heavy atom. The molecular formula is C28H39ClFN7O5S. The lowest BCUT2D eigenvalue weighted by atomic mass is 9.95. The van der Waals surface area contributed by atoms with Gasteiger partial charge in [0.25, 0.3) is 10.2 Å². The van der Waals surface area contributed by atoms with E-state index in [-0.39, 0.29) is 53.9 Å². The second-order valence-corrected chi connectivity index (χ2v) is 14.2. The fourth-order valence-electron chi connectivity index (χ4n) is 5.81. The molecule has 1 aromatic carbocycles. The summed E-state index contributed by atoms with van der Waals surface area (Å²) in [7, 11) is -3.77. The SMILES string of the molecule is CC[C@H]1C[C@H](Nc2ncc(Cl)c(-c3cc(F)c4nc(C(C)(C)O)n(C(C)C)c4c3)n2)[C@@H](O)CN1S(=O)(=O)N1CCOCC1. The minimum absolute atomic E-state index is 0.0824. The molecule has 2 aliphatic rings. The van der Waals surface area contributed by atoms with Crippen molar-refractivity contribution in [3.8, 4) is 11.3 Å². The summed E-state index contributed by atoms with van der Waals surface area (Å²) in [5.74, 6) is -0.0828. The first-order chi connectivity index (χ1) is 20.2. The number of nitrogens with one attached hydrogen (secondary N) is 1. The number of anilines is 1. The minimum Gasteiger partial charge on any atom is -0.390 e. The Hall–Kier alpha value is -2.46. The minimum atomic E-state index is -3.77. The fourth-order valence-corrected chi connectivity index (χ4v) is 7.87. The number of aromatic nitrogens is 4. The van der Waals surface area contributed by atoms with Crippen LogP contribution in [0.5, 0.6) is 0 Å². The summed E-state index contributed by atoms with van der Waals surface area (Å²) in [6.07, 6.45) is 1.25. The van der Waals surface area contributed by atoms with E-state index in [0.717, 1.165) is 0 Å². The molecule has 5 rings (SSSR count). The molecule has 2 aromatic heterocycles. The number of hydrogen-bond donors (Lipinski definition) is 3. The molecular weight excluding hydrogens is 601 g/mol. The standard InChI is InChI=1S/C28H39ClFN7O5S/c1-6-18-13-21(23(38)15-36(18)43(40,41)35-7-9-42-10-8-35)32-27-31-14-19(29)24(34-27)17-11-20(30)25-22(12-17)37(16(2)3)26(33-25)28(4,5)39/h11-12,14,16,18,21,23,38-39H,6-10,13,15H2,1-5H3,(H,31,32,34)/t18-,21-,23-/m0/s1. The summed E-state index contributed by atoms with van der Waals surface area (Å²) in [5, 5.41) is 25.1. The number of rotatable bonds is 8. The Balaban J connectivity index is 1.43. The number of fused-ring (bicyclic) bond motifs is 1. The maximum atomic E-state index is 15.4. The molecule has 236 valence electrons. The lowest BCUT2D eigenvalue weighted by molar-refractivity contribution is 0.0497. The van der Waals surface area contributed by atoms with E-state index in [1.165, 1.54) is 20.9 Å². The molecule has 4 heterocycles. The van der Waals surface area contributed by atoms with Gasteiger partial charge in [-0.15, -0.1) is 0 Å². The molecule has 0 unspecified atom stereocenters. The molecule has 12 nitrogen and oxygen atoms in total. The predicted octanol–water partition coefficient (Wildman–Crippen LogP) is 3.30. The molecule has 3 atom stereocenters. The van der Waals surface area contributed by atoms with E-state index in [0.29, 0.717) is 43.0 Å². The van der Waals surface area contributed by atoms with E-state index < -0.39 is 33.8 Å². The highest BCUT2D eigenvalue weighted by molar-refractivity contribution is 7.86. The predicted molar refractivity (Wildman–Crippen MR) is 161 cm³/mol. The molecule has 2 fully saturated rings. The zero-order chi connectivity index (χ0) is 31.3. The van der Waals surface area contributed by atoms with E-state index in [1.807, 2.05) is 20.8 Å². The van der Waals surface area contributed by atoms with Gasteiger partial charge in [-0.05, 0) is 52.7 Å². The number of morpholine rings is 1. The van der Waals surface area contributed by atoms with Crippen molar-refractivity contribution in [1.82, 2.24) is 28.1 Å². The number of aliphatic hydroxyl groups is 2. The van der Waals surface area contributed by atoms with Gasteiger partial charge in [0.15, 0.2) is 5.82 Å². The molecule has 0 bridgehead atoms. The zero-order valence-electron chi connectivity index (χ0n) is 25.0. The van der Waals surface area contributed by atoms with Crippen LogP contribution in [-0.2, 0) is 20.5 Å². The number of ether oxygens (including phenoxy) is 1. The average Bonchev–Trinajstić information content (AvgIpc) is 3.37. The van der Waals surface area contributed by atoms with Crippen LogP contribution in [0, 0.1) is 5.82 Å². The third-order valence-electron chi connectivity index (χ3n) is 7.97. The van der Waals surface area contributed by atoms with Crippen LogP contribution in [-0.4, -0.2) is 97.8 Å². The summed E-state index contributed by atoms with van der Waals surface area (Å²) >= 11 is 6.50. The number of halogens is 2. The second kappa shape index (κ2) is 12.1. The Kier molecular flexibility index (Phi) is 9.02. The highest BCUT2D eigenvalue weighted by Crippen LogP contribution is 2.35. The van der Waals surface area contributed by atoms with Crippen LogP contribution in [0.15, 0.2) is 18.3 Å². The summed E-state index contributed by atoms with van der Waals surface area (Å²) in [5.41, 5.74) is -0.0153. The number of benzene rings is 1. The van der Waals surface area contributed by atoms with Crippen molar-refractivity contribution in [3.05, 3.63) is 35.0 Å². The monoisotopic (exact) mass is 639 g/mol. The molecule has 0 amide bonds. The van der Waals surface area contributed by atoms with Gasteiger partial charge in [-0.2, -0.15) is 17.0 Å². The van der Waals surface area contributed by atoms with Gasteiger partial charge in [-0.1, -0.05) is 18.5 Å². The summed E-state index contributed by atoms with van der Waals surface area (Å²) in [4.78, 5) is 13.3. The van der Waals surface area contributed by atoms with Gasteiger partial charge in [0.1, 0.15) is 16.9 Å². The van der Waals surface area contributed by atoms with E-state index >= 15 is 4.39 Å². The van der Waals surface area contributed by atoms with E-state index in [2.05, 4.69) is 20.3 Å². The van der Waals surface area contributed by atoms with Crippen molar-refractivity contribution in [2.45, 2.75) is 77.3 Å². The van der Waals surface area contributed by atoms with Crippen LogP contribution in [0.3, 0.4) is 0 Å². The molecule has 2 aliphatic heterocycles. The normalized spacial score (nSPS) is 22.9. The number of hydrogen-bond acceptors (Lipinski definition) is 9. The smallest absolute Gasteiger partial charge is 0.282 e. The van der Waals surface area contributed by atoms with Crippen LogP contribution in [0.25, 0.3) is 22.3 Å². The van der Waals surface area contributed by atoms with Crippen molar-refractivity contribution in [3.63, 3.8) is 0 Å². The van der Waals surface area contributed by atoms with E-state index in [9.17, 15) is 18.6 Å². The Morgan fingerprint density at radius 1 is 1.23 bits per heavy atom. The zero-order valence-corrected chi connectivity index (χ0v) is 26.5. The molecule has 15 heteroatoms. The first kappa shape index (κ1) is 31.9. The van der Waals surface area contributed by atoms with E-state index in [4.69, 9.17) is 16.3 Å². The van der Waals surface area contributed by atoms with Crippen LogP contribution in [0.1, 0.15) is 59.3 Å². The van der Waals surface area contributed by atoms with Gasteiger partial charge < -0.3 is 24.8 Å². The van der Waals surface area contributed by atoms with Crippen molar-refractivity contribution in [2.75, 3.05) is 38.2 Å². The average molecular weight is 640 g/mol. The second-order valence-electron chi connectivity index (χ2n) is 11.9. The Morgan fingerprint density at radius 3 is 2.56 bits per heavy atom. The molecule has 0 aliphatic carbocycles. The van der Waals surface area contributed by atoms with Gasteiger partial charge in [0, 0.05) is 37.3 Å². The summed E-state index contributed by atoms with van der Waals surface area (Å²) < 4.78 is 52.1. The fraction of sp³-hybridized carbons (Fsp3) is 0.607. The van der Waals surface area contributed by atoms with Crippen LogP contribution >= 0.6 is 11.6 Å². The lowest BCUT2D eigenvalue weighted by Gasteiger charge is -2.43. The van der Waals surface area contributed by atoms with Gasteiger partial charge in [-0.3, -0.25) is 0 Å². The lowest BCUT2D eigenvalue weighted by Crippen LogP contribution is -2.60.